The fourth-order valence-electron chi connectivity index (χ4n) is 1.18. The summed E-state index contributed by atoms with van der Waals surface area (Å²) >= 11 is -2.22. The number of hydrogen-bond donors (Lipinski definition) is 2. The van der Waals surface area contributed by atoms with Gasteiger partial charge in [0, 0.05) is 7.05 Å². The van der Waals surface area contributed by atoms with Crippen LogP contribution in [0.15, 0.2) is 18.2 Å². The van der Waals surface area contributed by atoms with Gasteiger partial charge in [0.2, 0.25) is 0 Å². The van der Waals surface area contributed by atoms with E-state index in [1.807, 2.05) is 0 Å². The topological polar surface area (TPSA) is 77.8 Å². The van der Waals surface area contributed by atoms with Crippen LogP contribution in [0.2, 0.25) is 0 Å². The molecule has 0 aliphatic rings. The van der Waals surface area contributed by atoms with Crippen LogP contribution in [0.4, 0.5) is 5.69 Å². The highest BCUT2D eigenvalue weighted by atomic mass is 32.2. The molecule has 2 N–H and O–H groups in total. The Hall–Kier alpha value is -1.40. The fraction of sp³-hybridized carbons (Fsp3) is 0.222. The van der Waals surface area contributed by atoms with Gasteiger partial charge >= 0.3 is 5.97 Å². The molecule has 1 unspecified atom stereocenters. The van der Waals surface area contributed by atoms with Gasteiger partial charge in [0.15, 0.2) is 0 Å². The summed E-state index contributed by atoms with van der Waals surface area (Å²) in [4.78, 5) is 10.9. The lowest BCUT2D eigenvalue weighted by atomic mass is 10.1. The summed E-state index contributed by atoms with van der Waals surface area (Å²) in [6, 6.07) is 4.65. The predicted octanol–water partition coefficient (Wildman–Crippen LogP) is 1.27. The van der Waals surface area contributed by atoms with Gasteiger partial charge < -0.3 is 5.11 Å². The zero-order valence-electron chi connectivity index (χ0n) is 8.30. The Bertz CT molecular complexity index is 419. The number of rotatable bonds is 3. The molecule has 0 bridgehead atoms. The minimum atomic E-state index is -2.22. The molecule has 1 rings (SSSR count). The minimum absolute atomic E-state index is 0.0138. The second-order valence-electron chi connectivity index (χ2n) is 3.05. The van der Waals surface area contributed by atoms with E-state index in [4.69, 9.17) is 9.66 Å². The lowest BCUT2D eigenvalue weighted by Crippen LogP contribution is -2.21. The fourth-order valence-corrected chi connectivity index (χ4v) is 1.51. The smallest absolute Gasteiger partial charge is 0.337 e. The second-order valence-corrected chi connectivity index (χ2v) is 4.06. The van der Waals surface area contributed by atoms with Crippen LogP contribution in [0.25, 0.3) is 0 Å². The van der Waals surface area contributed by atoms with Crippen molar-refractivity contribution in [1.82, 2.24) is 0 Å². The molecule has 82 valence electrons. The Morgan fingerprint density at radius 2 is 2.07 bits per heavy atom. The van der Waals surface area contributed by atoms with Gasteiger partial charge in [0.25, 0.3) is 11.3 Å². The summed E-state index contributed by atoms with van der Waals surface area (Å²) in [6.07, 6.45) is 0. The summed E-state index contributed by atoms with van der Waals surface area (Å²) in [6.45, 7) is 1.76. The largest absolute Gasteiger partial charge is 0.478 e. The number of carbonyl (C=O) groups is 1. The van der Waals surface area contributed by atoms with Gasteiger partial charge in [0.1, 0.15) is 0 Å². The summed E-state index contributed by atoms with van der Waals surface area (Å²) in [7, 11) is 1.35. The number of carboxylic acid groups (broad SMARTS) is 1. The molecule has 0 aliphatic carbocycles. The van der Waals surface area contributed by atoms with Gasteiger partial charge in [-0.05, 0) is 19.1 Å². The van der Waals surface area contributed by atoms with Crippen LogP contribution in [0.3, 0.4) is 0 Å². The van der Waals surface area contributed by atoms with E-state index in [0.717, 1.165) is 9.87 Å². The third-order valence-electron chi connectivity index (χ3n) is 1.96. The van der Waals surface area contributed by atoms with Gasteiger partial charge in [-0.2, -0.15) is 0 Å². The molecule has 0 saturated heterocycles. The van der Waals surface area contributed by atoms with Gasteiger partial charge in [0.05, 0.1) is 11.3 Å². The van der Waals surface area contributed by atoms with Crippen LogP contribution < -0.4 is 4.31 Å². The maximum atomic E-state index is 10.9. The van der Waals surface area contributed by atoms with Crippen molar-refractivity contribution in [1.29, 1.82) is 0 Å². The summed E-state index contributed by atoms with van der Waals surface area (Å²) in [5, 5.41) is 8.91. The maximum absolute atomic E-state index is 10.9. The molecular weight excluding hydrogens is 218 g/mol. The van der Waals surface area contributed by atoms with Crippen molar-refractivity contribution in [3.05, 3.63) is 29.3 Å². The molecule has 5 nitrogen and oxygen atoms in total. The second kappa shape index (κ2) is 4.41. The van der Waals surface area contributed by atoms with Crippen LogP contribution in [0, 0.1) is 6.92 Å². The molecule has 0 saturated carbocycles. The Morgan fingerprint density at radius 3 is 2.53 bits per heavy atom. The normalized spacial score (nSPS) is 12.2. The van der Waals surface area contributed by atoms with E-state index < -0.39 is 17.2 Å². The predicted molar refractivity (Wildman–Crippen MR) is 57.3 cm³/mol. The van der Waals surface area contributed by atoms with E-state index in [9.17, 15) is 9.00 Å². The molecule has 0 aromatic heterocycles. The summed E-state index contributed by atoms with van der Waals surface area (Å²) in [5.74, 6) is -1.12. The lowest BCUT2D eigenvalue weighted by Gasteiger charge is -2.16. The highest BCUT2D eigenvalue weighted by molar-refractivity contribution is 7.80. The Morgan fingerprint density at radius 1 is 1.47 bits per heavy atom. The standard InChI is InChI=1S/C9H11NO4S/c1-6-3-4-8(10(2)15(13)14)7(5-6)9(11)12/h3-5H,1-2H3,(H,11,12)(H,13,14). The third-order valence-corrected chi connectivity index (χ3v) is 2.62. The highest BCUT2D eigenvalue weighted by Gasteiger charge is 2.16. The maximum Gasteiger partial charge on any atom is 0.337 e. The molecule has 0 amide bonds. The minimum Gasteiger partial charge on any atom is -0.478 e. The number of carboxylic acids is 1. The van der Waals surface area contributed by atoms with Gasteiger partial charge in [-0.15, -0.1) is 0 Å². The average Bonchev–Trinajstić information content (AvgIpc) is 2.16. The molecule has 1 aromatic rings. The van der Waals surface area contributed by atoms with Crippen LogP contribution >= 0.6 is 0 Å². The van der Waals surface area contributed by atoms with Crippen molar-refractivity contribution in [2.75, 3.05) is 11.4 Å². The van der Waals surface area contributed by atoms with Crippen molar-refractivity contribution in [2.24, 2.45) is 0 Å². The molecule has 15 heavy (non-hydrogen) atoms. The van der Waals surface area contributed by atoms with E-state index >= 15 is 0 Å². The van der Waals surface area contributed by atoms with Crippen molar-refractivity contribution in [2.45, 2.75) is 6.92 Å². The van der Waals surface area contributed by atoms with E-state index in [1.54, 1.807) is 13.0 Å². The first-order valence-electron chi connectivity index (χ1n) is 4.12. The number of anilines is 1. The monoisotopic (exact) mass is 229 g/mol. The highest BCUT2D eigenvalue weighted by Crippen LogP contribution is 2.21. The van der Waals surface area contributed by atoms with E-state index in [-0.39, 0.29) is 11.3 Å². The zero-order chi connectivity index (χ0) is 11.6. The Balaban J connectivity index is 3.28. The Labute approximate surface area is 89.8 Å². The quantitative estimate of drug-likeness (QED) is 0.765. The van der Waals surface area contributed by atoms with Crippen molar-refractivity contribution >= 4 is 22.9 Å². The molecule has 0 aliphatic heterocycles. The molecule has 0 radical (unpaired) electrons. The van der Waals surface area contributed by atoms with Gasteiger partial charge in [-0.3, -0.25) is 8.86 Å². The molecule has 1 atom stereocenters. The molecule has 6 heteroatoms. The molecule has 1 aromatic carbocycles. The molecular formula is C9H11NO4S. The molecule has 0 fully saturated rings. The summed E-state index contributed by atoms with van der Waals surface area (Å²) < 4.78 is 20.6. The first kappa shape index (κ1) is 11.7. The SMILES string of the molecule is Cc1ccc(N(C)S(=O)O)c(C(=O)O)c1. The summed E-state index contributed by atoms with van der Waals surface area (Å²) in [5.41, 5.74) is 1.02. The van der Waals surface area contributed by atoms with Crippen LogP contribution in [0.1, 0.15) is 15.9 Å². The van der Waals surface area contributed by atoms with E-state index in [1.165, 1.54) is 19.2 Å². The van der Waals surface area contributed by atoms with E-state index in [2.05, 4.69) is 0 Å². The van der Waals surface area contributed by atoms with Crippen molar-refractivity contribution in [3.63, 3.8) is 0 Å². The number of aryl methyl sites for hydroxylation is 1. The van der Waals surface area contributed by atoms with Crippen molar-refractivity contribution in [3.8, 4) is 0 Å². The first-order chi connectivity index (χ1) is 6.93. The van der Waals surface area contributed by atoms with Crippen molar-refractivity contribution < 1.29 is 18.7 Å². The number of nitrogens with zero attached hydrogens (tertiary/aromatic N) is 1. The zero-order valence-corrected chi connectivity index (χ0v) is 9.11. The van der Waals surface area contributed by atoms with Crippen LogP contribution in [-0.4, -0.2) is 26.9 Å². The lowest BCUT2D eigenvalue weighted by molar-refractivity contribution is 0.0697. The van der Waals surface area contributed by atoms with E-state index in [0.29, 0.717) is 0 Å². The van der Waals surface area contributed by atoms with Gasteiger partial charge in [-0.25, -0.2) is 9.00 Å². The van der Waals surface area contributed by atoms with Gasteiger partial charge in [-0.1, -0.05) is 11.6 Å². The van der Waals surface area contributed by atoms with Crippen LogP contribution in [-0.2, 0) is 11.3 Å². The molecule has 0 heterocycles. The number of benzene rings is 1. The number of aromatic carboxylic acids is 1. The third kappa shape index (κ3) is 2.54. The number of hydrogen-bond acceptors (Lipinski definition) is 2. The average molecular weight is 229 g/mol. The molecule has 0 spiro atoms. The first-order valence-corrected chi connectivity index (χ1v) is 5.18. The Kier molecular flexibility index (Phi) is 3.43. The van der Waals surface area contributed by atoms with Crippen LogP contribution in [0.5, 0.6) is 0 Å².